The van der Waals surface area contributed by atoms with Crippen LogP contribution in [0.4, 0.5) is 5.69 Å². The number of nitrogens with one attached hydrogen (secondary N) is 3. The normalized spacial score (nSPS) is 11.6. The highest BCUT2D eigenvalue weighted by atomic mass is 16.4. The van der Waals surface area contributed by atoms with Crippen molar-refractivity contribution in [1.82, 2.24) is 10.6 Å². The van der Waals surface area contributed by atoms with Crippen LogP contribution in [0.3, 0.4) is 0 Å². The van der Waals surface area contributed by atoms with Crippen molar-refractivity contribution in [3.63, 3.8) is 0 Å². The number of benzene rings is 2. The third kappa shape index (κ3) is 6.97. The molecule has 6 N–H and O–H groups in total. The number of nitrogens with two attached hydrogens (primary N) is 1. The minimum absolute atomic E-state index is 0.125. The summed E-state index contributed by atoms with van der Waals surface area (Å²) in [5, 5.41) is 25.3. The van der Waals surface area contributed by atoms with Crippen LogP contribution >= 0.6 is 0 Å². The van der Waals surface area contributed by atoms with Crippen molar-refractivity contribution in [2.75, 3.05) is 11.9 Å². The van der Waals surface area contributed by atoms with Gasteiger partial charge in [-0.15, -0.1) is 4.99 Å². The van der Waals surface area contributed by atoms with Crippen LogP contribution < -0.4 is 21.7 Å². The van der Waals surface area contributed by atoms with Gasteiger partial charge >= 0.3 is 5.97 Å². The summed E-state index contributed by atoms with van der Waals surface area (Å²) in [7, 11) is 0. The number of hydrogen-bond donors (Lipinski definition) is 5. The van der Waals surface area contributed by atoms with Gasteiger partial charge in [-0.25, -0.2) is 0 Å². The second-order valence-electron chi connectivity index (χ2n) is 6.11. The molecule has 2 amide bonds. The molecule has 10 heteroatoms. The third-order valence-electron chi connectivity index (χ3n) is 3.89. The molecule has 0 aliphatic carbocycles. The third-order valence-corrected chi connectivity index (χ3v) is 3.89. The van der Waals surface area contributed by atoms with E-state index in [-0.39, 0.29) is 24.5 Å². The monoisotopic (exact) mass is 408 g/mol. The first-order valence-corrected chi connectivity index (χ1v) is 8.82. The van der Waals surface area contributed by atoms with Gasteiger partial charge < -0.3 is 26.8 Å². The zero-order valence-corrected chi connectivity index (χ0v) is 15.8. The van der Waals surface area contributed by atoms with Crippen molar-refractivity contribution < 1.29 is 19.5 Å². The van der Waals surface area contributed by atoms with Crippen molar-refractivity contribution >= 4 is 29.4 Å². The average Bonchev–Trinajstić information content (AvgIpc) is 2.72. The maximum atomic E-state index is 12.3. The van der Waals surface area contributed by atoms with Crippen molar-refractivity contribution in [3.8, 4) is 6.19 Å². The van der Waals surface area contributed by atoms with Crippen molar-refractivity contribution in [2.45, 2.75) is 12.5 Å². The summed E-state index contributed by atoms with van der Waals surface area (Å²) in [6.45, 7) is -0.336. The van der Waals surface area contributed by atoms with Crippen LogP contribution in [0, 0.1) is 11.5 Å². The van der Waals surface area contributed by atoms with Gasteiger partial charge in [0, 0.05) is 11.3 Å². The average molecular weight is 408 g/mol. The van der Waals surface area contributed by atoms with E-state index in [1.54, 1.807) is 42.5 Å². The molecule has 0 saturated heterocycles. The van der Waals surface area contributed by atoms with Crippen LogP contribution in [0.1, 0.15) is 28.4 Å². The number of carbonyl (C=O) groups is 3. The van der Waals surface area contributed by atoms with Gasteiger partial charge in [0.15, 0.2) is 0 Å². The van der Waals surface area contributed by atoms with Gasteiger partial charge in [0.05, 0.1) is 19.0 Å². The number of nitrogens with zero attached hydrogens (tertiary/aromatic N) is 2. The molecule has 1 unspecified atom stereocenters. The summed E-state index contributed by atoms with van der Waals surface area (Å²) < 4.78 is 0. The molecule has 0 saturated carbocycles. The van der Waals surface area contributed by atoms with E-state index in [4.69, 9.17) is 16.1 Å². The standard InChI is InChI=1S/C20H20N6O4/c21-12-24-20(22)25-15-8-4-7-14(9-15)19(30)23-11-17(27)26-16(10-18(28)29)13-5-2-1-3-6-13/h1-9,16H,10-11H2,(H,23,30)(H,26,27)(H,28,29)(H3,22,24,25). The number of carbonyl (C=O) groups excluding carboxylic acids is 2. The van der Waals surface area contributed by atoms with Crippen LogP contribution in [-0.2, 0) is 9.59 Å². The molecule has 0 spiro atoms. The SMILES string of the molecule is N#C/N=C(\N)Nc1cccc(C(=O)NCC(=O)NC(CC(=O)O)c2ccccc2)c1. The molecule has 154 valence electrons. The maximum Gasteiger partial charge on any atom is 0.305 e. The number of guanidine groups is 1. The molecule has 0 heterocycles. The van der Waals surface area contributed by atoms with Crippen LogP contribution in [-0.4, -0.2) is 35.4 Å². The Kier molecular flexibility index (Phi) is 7.90. The highest BCUT2D eigenvalue weighted by Crippen LogP contribution is 2.16. The molecule has 0 radical (unpaired) electrons. The van der Waals surface area contributed by atoms with Gasteiger partial charge in [0.25, 0.3) is 5.91 Å². The molecular weight excluding hydrogens is 388 g/mol. The summed E-state index contributed by atoms with van der Waals surface area (Å²) in [6.07, 6.45) is 1.25. The number of aliphatic carboxylic acids is 1. The van der Waals surface area contributed by atoms with E-state index in [9.17, 15) is 14.4 Å². The Morgan fingerprint density at radius 1 is 1.13 bits per heavy atom. The zero-order valence-electron chi connectivity index (χ0n) is 15.8. The van der Waals surface area contributed by atoms with E-state index >= 15 is 0 Å². The molecule has 2 rings (SSSR count). The smallest absolute Gasteiger partial charge is 0.305 e. The second-order valence-corrected chi connectivity index (χ2v) is 6.11. The fourth-order valence-corrected chi connectivity index (χ4v) is 2.59. The number of amides is 2. The Morgan fingerprint density at radius 2 is 1.87 bits per heavy atom. The predicted octanol–water partition coefficient (Wildman–Crippen LogP) is 0.956. The predicted molar refractivity (Wildman–Crippen MR) is 109 cm³/mol. The lowest BCUT2D eigenvalue weighted by Crippen LogP contribution is -2.39. The van der Waals surface area contributed by atoms with Crippen LogP contribution in [0.25, 0.3) is 0 Å². The van der Waals surface area contributed by atoms with Gasteiger partial charge in [0.2, 0.25) is 18.1 Å². The zero-order chi connectivity index (χ0) is 21.9. The summed E-state index contributed by atoms with van der Waals surface area (Å²) in [5.74, 6) is -2.23. The first-order valence-electron chi connectivity index (χ1n) is 8.82. The highest BCUT2D eigenvalue weighted by Gasteiger charge is 2.18. The number of aliphatic imine (C=N–C) groups is 1. The molecule has 0 aliphatic rings. The summed E-state index contributed by atoms with van der Waals surface area (Å²) >= 11 is 0. The molecule has 2 aromatic carbocycles. The Balaban J connectivity index is 1.96. The Hall–Kier alpha value is -4.39. The Bertz CT molecular complexity index is 984. The lowest BCUT2D eigenvalue weighted by atomic mass is 10.0. The van der Waals surface area contributed by atoms with Crippen LogP contribution in [0.5, 0.6) is 0 Å². The fourth-order valence-electron chi connectivity index (χ4n) is 2.59. The molecule has 30 heavy (non-hydrogen) atoms. The van der Waals surface area contributed by atoms with E-state index in [0.29, 0.717) is 11.3 Å². The van der Waals surface area contributed by atoms with Gasteiger partial charge in [-0.05, 0) is 23.8 Å². The van der Waals surface area contributed by atoms with Crippen molar-refractivity contribution in [3.05, 3.63) is 65.7 Å². The fraction of sp³-hybridized carbons (Fsp3) is 0.150. The van der Waals surface area contributed by atoms with Gasteiger partial charge in [0.1, 0.15) is 0 Å². The molecule has 2 aromatic rings. The number of nitriles is 1. The molecule has 0 aromatic heterocycles. The van der Waals surface area contributed by atoms with Gasteiger partial charge in [-0.1, -0.05) is 36.4 Å². The summed E-state index contributed by atoms with van der Waals surface area (Å²) in [6, 6.07) is 14.2. The first kappa shape index (κ1) is 21.9. The van der Waals surface area contributed by atoms with Crippen LogP contribution in [0.15, 0.2) is 59.6 Å². The number of rotatable bonds is 8. The summed E-state index contributed by atoms with van der Waals surface area (Å²) in [4.78, 5) is 39.0. The largest absolute Gasteiger partial charge is 0.481 e. The van der Waals surface area contributed by atoms with E-state index in [2.05, 4.69) is 20.9 Å². The Labute approximate surface area is 172 Å². The van der Waals surface area contributed by atoms with Gasteiger partial charge in [-0.3, -0.25) is 14.4 Å². The van der Waals surface area contributed by atoms with Crippen LogP contribution in [0.2, 0.25) is 0 Å². The quantitative estimate of drug-likeness (QED) is 0.246. The van der Waals surface area contributed by atoms with E-state index in [1.807, 2.05) is 0 Å². The van der Waals surface area contributed by atoms with Crippen molar-refractivity contribution in [1.29, 1.82) is 5.26 Å². The lowest BCUT2D eigenvalue weighted by Gasteiger charge is -2.17. The van der Waals surface area contributed by atoms with Crippen molar-refractivity contribution in [2.24, 2.45) is 10.7 Å². The summed E-state index contributed by atoms with van der Waals surface area (Å²) in [5.41, 5.74) is 6.83. The minimum atomic E-state index is -1.06. The van der Waals surface area contributed by atoms with E-state index < -0.39 is 23.8 Å². The van der Waals surface area contributed by atoms with Gasteiger partial charge in [-0.2, -0.15) is 5.26 Å². The Morgan fingerprint density at radius 3 is 2.53 bits per heavy atom. The maximum absolute atomic E-state index is 12.3. The second kappa shape index (κ2) is 10.8. The van der Waals surface area contributed by atoms with E-state index in [0.717, 1.165) is 0 Å². The molecule has 0 bridgehead atoms. The minimum Gasteiger partial charge on any atom is -0.481 e. The molecule has 10 nitrogen and oxygen atoms in total. The molecule has 1 atom stereocenters. The first-order chi connectivity index (χ1) is 14.4. The topological polar surface area (TPSA) is 170 Å². The highest BCUT2D eigenvalue weighted by molar-refractivity contribution is 5.99. The number of carboxylic acids is 1. The molecule has 0 aliphatic heterocycles. The number of hydrogen-bond acceptors (Lipinski definition) is 5. The number of anilines is 1. The molecule has 0 fully saturated rings. The number of carboxylic acid groups (broad SMARTS) is 1. The van der Waals surface area contributed by atoms with E-state index in [1.165, 1.54) is 18.3 Å². The molecular formula is C20H20N6O4. The lowest BCUT2D eigenvalue weighted by molar-refractivity contribution is -0.137.